The van der Waals surface area contributed by atoms with E-state index in [1.807, 2.05) is 37.4 Å². The minimum Gasteiger partial charge on any atom is -0.370 e. The first-order chi connectivity index (χ1) is 15.3. The van der Waals surface area contributed by atoms with E-state index in [0.717, 1.165) is 24.0 Å². The third kappa shape index (κ3) is 4.80. The molecule has 3 atom stereocenters. The van der Waals surface area contributed by atoms with Gasteiger partial charge in [0, 0.05) is 31.0 Å². The molecule has 2 N–H and O–H groups in total. The Labute approximate surface area is 187 Å². The molecule has 0 saturated carbocycles. The fraction of sp³-hybridized carbons (Fsp3) is 0.417. The van der Waals surface area contributed by atoms with Gasteiger partial charge in [0.25, 0.3) is 5.91 Å². The second-order valence-corrected chi connectivity index (χ2v) is 8.81. The molecule has 1 fully saturated rings. The minimum atomic E-state index is -0.261. The number of amides is 2. The number of benzene rings is 1. The van der Waals surface area contributed by atoms with Gasteiger partial charge < -0.3 is 15.4 Å². The SMILES string of the molecule is CC(=O)N[C@H]1C[C@@H](c2ccc(NC(=O)c3cnn4cc(C)cnc34)cc2)O[C@@H](C(C)C)C1. The van der Waals surface area contributed by atoms with Gasteiger partial charge in [-0.15, -0.1) is 0 Å². The monoisotopic (exact) mass is 435 g/mol. The number of nitrogens with zero attached hydrogens (tertiary/aromatic N) is 3. The van der Waals surface area contributed by atoms with E-state index in [1.165, 1.54) is 6.20 Å². The molecule has 2 amide bonds. The van der Waals surface area contributed by atoms with Crippen molar-refractivity contribution in [2.45, 2.75) is 58.8 Å². The van der Waals surface area contributed by atoms with Crippen molar-refractivity contribution in [3.8, 4) is 0 Å². The van der Waals surface area contributed by atoms with E-state index in [4.69, 9.17) is 4.74 Å². The Kier molecular flexibility index (Phi) is 6.23. The number of ether oxygens (including phenoxy) is 1. The topological polar surface area (TPSA) is 97.6 Å². The van der Waals surface area contributed by atoms with Crippen molar-refractivity contribution in [3.63, 3.8) is 0 Å². The lowest BCUT2D eigenvalue weighted by Gasteiger charge is -2.37. The van der Waals surface area contributed by atoms with Crippen molar-refractivity contribution >= 4 is 23.1 Å². The first kappa shape index (κ1) is 22.0. The van der Waals surface area contributed by atoms with Crippen LogP contribution in [0.25, 0.3) is 5.65 Å². The third-order valence-corrected chi connectivity index (χ3v) is 5.78. The highest BCUT2D eigenvalue weighted by atomic mass is 16.5. The summed E-state index contributed by atoms with van der Waals surface area (Å²) in [6.45, 7) is 7.74. The number of aromatic nitrogens is 3. The maximum Gasteiger partial charge on any atom is 0.261 e. The van der Waals surface area contributed by atoms with E-state index in [9.17, 15) is 9.59 Å². The van der Waals surface area contributed by atoms with Gasteiger partial charge in [-0.2, -0.15) is 5.10 Å². The van der Waals surface area contributed by atoms with Gasteiger partial charge in [0.2, 0.25) is 5.91 Å². The molecule has 8 heteroatoms. The average Bonchev–Trinajstić information content (AvgIpc) is 3.16. The molecule has 32 heavy (non-hydrogen) atoms. The average molecular weight is 436 g/mol. The van der Waals surface area contributed by atoms with Crippen LogP contribution in [0.15, 0.2) is 42.9 Å². The predicted octanol–water partition coefficient (Wildman–Crippen LogP) is 3.67. The number of anilines is 1. The van der Waals surface area contributed by atoms with E-state index in [-0.39, 0.29) is 30.1 Å². The van der Waals surface area contributed by atoms with Crippen LogP contribution in [0.1, 0.15) is 61.2 Å². The predicted molar refractivity (Wildman–Crippen MR) is 121 cm³/mol. The zero-order valence-corrected chi connectivity index (χ0v) is 18.8. The van der Waals surface area contributed by atoms with Crippen LogP contribution in [0.2, 0.25) is 0 Å². The van der Waals surface area contributed by atoms with Gasteiger partial charge in [-0.3, -0.25) is 9.59 Å². The summed E-state index contributed by atoms with van der Waals surface area (Å²) in [5.41, 5.74) is 3.61. The van der Waals surface area contributed by atoms with E-state index in [2.05, 4.69) is 34.6 Å². The first-order valence-corrected chi connectivity index (χ1v) is 10.9. The highest BCUT2D eigenvalue weighted by molar-refractivity contribution is 6.08. The Hall–Kier alpha value is -3.26. The van der Waals surface area contributed by atoms with Crippen LogP contribution in [-0.4, -0.2) is 38.6 Å². The fourth-order valence-electron chi connectivity index (χ4n) is 4.11. The van der Waals surface area contributed by atoms with Crippen LogP contribution < -0.4 is 10.6 Å². The van der Waals surface area contributed by atoms with Crippen LogP contribution in [0.5, 0.6) is 0 Å². The van der Waals surface area contributed by atoms with Gasteiger partial charge in [0.15, 0.2) is 5.65 Å². The van der Waals surface area contributed by atoms with Crippen molar-refractivity contribution in [3.05, 3.63) is 59.5 Å². The summed E-state index contributed by atoms with van der Waals surface area (Å²) in [4.78, 5) is 28.6. The van der Waals surface area contributed by atoms with Crippen LogP contribution in [0.3, 0.4) is 0 Å². The van der Waals surface area contributed by atoms with Gasteiger partial charge in [0.05, 0.1) is 18.4 Å². The minimum absolute atomic E-state index is 0.0199. The van der Waals surface area contributed by atoms with E-state index < -0.39 is 0 Å². The number of rotatable bonds is 5. The standard InChI is InChI=1S/C24H29N5O3/c1-14(2)21-9-19(27-16(4)30)10-22(32-21)17-5-7-18(8-6-17)28-24(31)20-12-26-29-13-15(3)11-25-23(20)29/h5-8,11-14,19,21-22H,9-10H2,1-4H3,(H,27,30)(H,28,31)/t19-,21-,22+/m1/s1. The first-order valence-electron chi connectivity index (χ1n) is 10.9. The summed E-state index contributed by atoms with van der Waals surface area (Å²) in [5, 5.41) is 10.2. The lowest BCUT2D eigenvalue weighted by Crippen LogP contribution is -2.43. The number of nitrogens with one attached hydrogen (secondary N) is 2. The van der Waals surface area contributed by atoms with Crippen molar-refractivity contribution in [2.75, 3.05) is 5.32 Å². The molecule has 1 aliphatic heterocycles. The highest BCUT2D eigenvalue weighted by Gasteiger charge is 2.32. The number of fused-ring (bicyclic) bond motifs is 1. The Morgan fingerprint density at radius 3 is 2.59 bits per heavy atom. The lowest BCUT2D eigenvalue weighted by atomic mass is 9.90. The number of hydrogen-bond acceptors (Lipinski definition) is 5. The number of aryl methyl sites for hydroxylation is 1. The molecular weight excluding hydrogens is 406 g/mol. The Balaban J connectivity index is 1.47. The Bertz CT molecular complexity index is 1120. The smallest absolute Gasteiger partial charge is 0.261 e. The Morgan fingerprint density at radius 2 is 1.91 bits per heavy atom. The summed E-state index contributed by atoms with van der Waals surface area (Å²) in [6, 6.07) is 7.75. The van der Waals surface area contributed by atoms with Crippen LogP contribution in [0, 0.1) is 12.8 Å². The van der Waals surface area contributed by atoms with Crippen LogP contribution in [0.4, 0.5) is 5.69 Å². The molecular formula is C24H29N5O3. The highest BCUT2D eigenvalue weighted by Crippen LogP contribution is 2.34. The maximum atomic E-state index is 12.8. The maximum absolute atomic E-state index is 12.8. The van der Waals surface area contributed by atoms with Crippen molar-refractivity contribution in [1.29, 1.82) is 0 Å². The molecule has 0 radical (unpaired) electrons. The van der Waals surface area contributed by atoms with Gasteiger partial charge in [0.1, 0.15) is 5.56 Å². The molecule has 8 nitrogen and oxygen atoms in total. The largest absolute Gasteiger partial charge is 0.370 e. The Morgan fingerprint density at radius 1 is 1.16 bits per heavy atom. The second kappa shape index (κ2) is 9.08. The molecule has 0 aliphatic carbocycles. The van der Waals surface area contributed by atoms with E-state index in [0.29, 0.717) is 22.8 Å². The summed E-state index contributed by atoms with van der Waals surface area (Å²) in [6.07, 6.45) is 6.58. The van der Waals surface area contributed by atoms with Crippen molar-refractivity contribution in [1.82, 2.24) is 19.9 Å². The zero-order valence-electron chi connectivity index (χ0n) is 18.8. The quantitative estimate of drug-likeness (QED) is 0.637. The molecule has 3 aromatic rings. The lowest BCUT2D eigenvalue weighted by molar-refractivity contribution is -0.123. The second-order valence-electron chi connectivity index (χ2n) is 8.81. The summed E-state index contributed by atoms with van der Waals surface area (Å²) < 4.78 is 7.93. The third-order valence-electron chi connectivity index (χ3n) is 5.78. The molecule has 2 aromatic heterocycles. The van der Waals surface area contributed by atoms with E-state index >= 15 is 0 Å². The van der Waals surface area contributed by atoms with Crippen LogP contribution >= 0.6 is 0 Å². The molecule has 1 aromatic carbocycles. The van der Waals surface area contributed by atoms with E-state index in [1.54, 1.807) is 17.6 Å². The number of hydrogen-bond donors (Lipinski definition) is 2. The van der Waals surface area contributed by atoms with Gasteiger partial charge in [-0.05, 0) is 48.9 Å². The summed E-state index contributed by atoms with van der Waals surface area (Å²) in [7, 11) is 0. The molecule has 168 valence electrons. The van der Waals surface area contributed by atoms with Gasteiger partial charge >= 0.3 is 0 Å². The molecule has 4 rings (SSSR count). The number of carbonyl (C=O) groups is 2. The molecule has 0 spiro atoms. The normalized spacial score (nSPS) is 21.0. The summed E-state index contributed by atoms with van der Waals surface area (Å²) in [5.74, 6) is 0.0769. The van der Waals surface area contributed by atoms with Crippen molar-refractivity contribution in [2.24, 2.45) is 5.92 Å². The number of carbonyl (C=O) groups excluding carboxylic acids is 2. The fourth-order valence-corrected chi connectivity index (χ4v) is 4.11. The van der Waals surface area contributed by atoms with Crippen molar-refractivity contribution < 1.29 is 14.3 Å². The van der Waals surface area contributed by atoms with Gasteiger partial charge in [-0.25, -0.2) is 9.50 Å². The molecule has 0 bridgehead atoms. The summed E-state index contributed by atoms with van der Waals surface area (Å²) >= 11 is 0. The molecule has 0 unspecified atom stereocenters. The molecule has 1 saturated heterocycles. The molecule has 1 aliphatic rings. The van der Waals surface area contributed by atoms with Crippen LogP contribution in [-0.2, 0) is 9.53 Å². The van der Waals surface area contributed by atoms with Gasteiger partial charge in [-0.1, -0.05) is 26.0 Å². The molecule has 3 heterocycles. The zero-order chi connectivity index (χ0) is 22.8.